The van der Waals surface area contributed by atoms with Gasteiger partial charge in [0, 0.05) is 18.2 Å². The Balaban J connectivity index is 1.68. The monoisotopic (exact) mass is 507 g/mol. The Bertz CT molecular complexity index is 1300. The number of halogens is 1. The number of amides is 1. The number of benzene rings is 2. The lowest BCUT2D eigenvalue weighted by molar-refractivity contribution is -0.136. The van der Waals surface area contributed by atoms with Crippen LogP contribution in [0.3, 0.4) is 0 Å². The molecule has 3 aliphatic rings. The third-order valence-corrected chi connectivity index (χ3v) is 9.03. The highest BCUT2D eigenvalue weighted by atomic mass is 19.1. The van der Waals surface area contributed by atoms with Crippen LogP contribution in [0.15, 0.2) is 6.07 Å². The molecule has 1 amide bonds. The highest BCUT2D eigenvalue weighted by Crippen LogP contribution is 2.45. The second-order valence-electron chi connectivity index (χ2n) is 12.0. The van der Waals surface area contributed by atoms with Crippen molar-refractivity contribution < 1.29 is 23.8 Å². The number of fused-ring (bicyclic) bond motifs is 2. The fraction of sp³-hybridized carbons (Fsp3) is 0.548. The molecule has 37 heavy (non-hydrogen) atoms. The topological polar surface area (TPSA) is 66.8 Å². The maximum atomic E-state index is 15.3. The molecule has 0 saturated heterocycles. The minimum absolute atomic E-state index is 0.125. The van der Waals surface area contributed by atoms with Gasteiger partial charge < -0.3 is 14.7 Å². The maximum absolute atomic E-state index is 15.3. The van der Waals surface area contributed by atoms with Crippen molar-refractivity contribution in [3.8, 4) is 16.9 Å². The van der Waals surface area contributed by atoms with Gasteiger partial charge in [-0.2, -0.15) is 0 Å². The maximum Gasteiger partial charge on any atom is 0.307 e. The third kappa shape index (κ3) is 4.53. The number of nitrogens with zero attached hydrogens (tertiary/aromatic N) is 1. The molecule has 1 aliphatic carbocycles. The number of carbonyl (C=O) groups is 2. The first-order chi connectivity index (χ1) is 17.5. The summed E-state index contributed by atoms with van der Waals surface area (Å²) < 4.78 is 21.0. The van der Waals surface area contributed by atoms with Crippen LogP contribution in [0.4, 0.5) is 4.39 Å². The second kappa shape index (κ2) is 9.45. The zero-order chi connectivity index (χ0) is 26.6. The van der Waals surface area contributed by atoms with Gasteiger partial charge in [0.1, 0.15) is 0 Å². The molecule has 198 valence electrons. The Kier molecular flexibility index (Phi) is 6.57. The first kappa shape index (κ1) is 25.7. The minimum atomic E-state index is -0.934. The lowest BCUT2D eigenvalue weighted by atomic mass is 9.73. The summed E-state index contributed by atoms with van der Waals surface area (Å²) in [5, 5.41) is 9.82. The van der Waals surface area contributed by atoms with Crippen molar-refractivity contribution in [1.82, 2.24) is 4.90 Å². The number of hydrogen-bond acceptors (Lipinski definition) is 3. The summed E-state index contributed by atoms with van der Waals surface area (Å²) in [5.41, 5.74) is 8.12. The van der Waals surface area contributed by atoms with Crippen LogP contribution in [0.5, 0.6) is 5.75 Å². The molecule has 1 unspecified atom stereocenters. The van der Waals surface area contributed by atoms with E-state index in [0.717, 1.165) is 76.6 Å². The summed E-state index contributed by atoms with van der Waals surface area (Å²) in [6.07, 6.45) is 5.99. The molecule has 6 heteroatoms. The van der Waals surface area contributed by atoms with E-state index in [4.69, 9.17) is 4.74 Å². The molecule has 0 bridgehead atoms. The summed E-state index contributed by atoms with van der Waals surface area (Å²) in [6, 6.07) is 1.74. The third-order valence-electron chi connectivity index (χ3n) is 9.03. The van der Waals surface area contributed by atoms with E-state index in [-0.39, 0.29) is 30.2 Å². The van der Waals surface area contributed by atoms with E-state index in [1.807, 2.05) is 20.8 Å². The van der Waals surface area contributed by atoms with E-state index >= 15 is 4.39 Å². The van der Waals surface area contributed by atoms with Crippen LogP contribution in [-0.2, 0) is 35.4 Å². The van der Waals surface area contributed by atoms with E-state index in [9.17, 15) is 14.7 Å². The predicted molar refractivity (Wildman–Crippen MR) is 141 cm³/mol. The molecule has 5 nitrogen and oxygen atoms in total. The van der Waals surface area contributed by atoms with Gasteiger partial charge in [-0.15, -0.1) is 0 Å². The number of carbonyl (C=O) groups excluding carboxylic acids is 1. The fourth-order valence-electron chi connectivity index (χ4n) is 7.08. The van der Waals surface area contributed by atoms with E-state index in [1.54, 1.807) is 0 Å². The molecule has 2 aliphatic heterocycles. The fourth-order valence-corrected chi connectivity index (χ4v) is 7.08. The van der Waals surface area contributed by atoms with Gasteiger partial charge in [-0.05, 0) is 109 Å². The number of aliphatic carboxylic acids is 1. The zero-order valence-corrected chi connectivity index (χ0v) is 22.7. The average Bonchev–Trinajstić information content (AvgIpc) is 2.84. The normalized spacial score (nSPS) is 20.8. The predicted octanol–water partition coefficient (Wildman–Crippen LogP) is 6.22. The molecule has 5 rings (SSSR count). The van der Waals surface area contributed by atoms with Crippen LogP contribution in [0.1, 0.15) is 84.9 Å². The first-order valence-corrected chi connectivity index (χ1v) is 13.6. The number of ether oxygens (including phenoxy) is 1. The van der Waals surface area contributed by atoms with E-state index in [1.165, 1.54) is 12.5 Å². The lowest BCUT2D eigenvalue weighted by Crippen LogP contribution is -2.47. The molecule has 2 aromatic carbocycles. The first-order valence-electron chi connectivity index (χ1n) is 13.6. The van der Waals surface area contributed by atoms with Crippen LogP contribution >= 0.6 is 0 Å². The van der Waals surface area contributed by atoms with Gasteiger partial charge in [0.2, 0.25) is 5.91 Å². The second-order valence-corrected chi connectivity index (χ2v) is 12.0. The van der Waals surface area contributed by atoms with E-state index in [2.05, 4.69) is 18.7 Å². The highest BCUT2D eigenvalue weighted by Gasteiger charge is 2.38. The Morgan fingerprint density at radius 1 is 1.14 bits per heavy atom. The van der Waals surface area contributed by atoms with E-state index in [0.29, 0.717) is 24.5 Å². The van der Waals surface area contributed by atoms with Crippen molar-refractivity contribution in [1.29, 1.82) is 0 Å². The van der Waals surface area contributed by atoms with Gasteiger partial charge in [0.15, 0.2) is 11.6 Å². The Labute approximate surface area is 219 Å². The molecule has 0 spiro atoms. The quantitative estimate of drug-likeness (QED) is 0.533. The van der Waals surface area contributed by atoms with E-state index < -0.39 is 11.8 Å². The minimum Gasteiger partial charge on any atom is -0.490 e. The lowest BCUT2D eigenvalue weighted by Gasteiger charge is -2.44. The molecule has 1 atom stereocenters. The zero-order valence-electron chi connectivity index (χ0n) is 22.7. The SMILES string of the molecule is Cc1c(-c2c(C)c3c(c(C)c2CC(=O)O)CC(=O)N(C2CCCC(C)(C)C2)C3)cc(F)c2c1CCCO2. The Morgan fingerprint density at radius 3 is 2.59 bits per heavy atom. The van der Waals surface area contributed by atoms with Gasteiger partial charge in [0.25, 0.3) is 0 Å². The molecular formula is C31H38FNO4. The van der Waals surface area contributed by atoms with Crippen LogP contribution in [0, 0.1) is 32.0 Å². The molecule has 2 aromatic rings. The van der Waals surface area contributed by atoms with Crippen LogP contribution in [0.2, 0.25) is 0 Å². The van der Waals surface area contributed by atoms with Crippen molar-refractivity contribution in [2.45, 2.75) is 98.6 Å². The summed E-state index contributed by atoms with van der Waals surface area (Å²) in [4.78, 5) is 27.5. The Hall–Kier alpha value is -2.89. The largest absolute Gasteiger partial charge is 0.490 e. The molecule has 1 N–H and O–H groups in total. The smallest absolute Gasteiger partial charge is 0.307 e. The number of rotatable bonds is 4. The van der Waals surface area contributed by atoms with Gasteiger partial charge in [0.05, 0.1) is 19.4 Å². The Morgan fingerprint density at radius 2 is 1.89 bits per heavy atom. The molecule has 0 radical (unpaired) electrons. The summed E-state index contributed by atoms with van der Waals surface area (Å²) in [6.45, 7) is 11.5. The molecule has 2 heterocycles. The van der Waals surface area contributed by atoms with Gasteiger partial charge in [-0.3, -0.25) is 9.59 Å². The van der Waals surface area contributed by atoms with Gasteiger partial charge in [-0.1, -0.05) is 20.3 Å². The molecular weight excluding hydrogens is 469 g/mol. The number of carboxylic acid groups (broad SMARTS) is 1. The standard InChI is InChI=1S/C31H38FNO4/c1-17-21-9-7-11-37-30(21)26(32)12-23(17)29-19(3)25-16-33(20-8-6-10-31(4,5)15-20)27(34)13-22(25)18(2)24(29)14-28(35)36/h12,20H,6-11,13-16H2,1-5H3,(H,35,36). The van der Waals surface area contributed by atoms with Crippen LogP contribution in [-0.4, -0.2) is 34.5 Å². The van der Waals surface area contributed by atoms with Crippen molar-refractivity contribution >= 4 is 11.9 Å². The van der Waals surface area contributed by atoms with Crippen molar-refractivity contribution in [3.05, 3.63) is 50.8 Å². The van der Waals surface area contributed by atoms with Gasteiger partial charge in [-0.25, -0.2) is 4.39 Å². The molecule has 1 saturated carbocycles. The van der Waals surface area contributed by atoms with Crippen molar-refractivity contribution in [3.63, 3.8) is 0 Å². The molecule has 1 fully saturated rings. The average molecular weight is 508 g/mol. The summed E-state index contributed by atoms with van der Waals surface area (Å²) in [7, 11) is 0. The summed E-state index contributed by atoms with van der Waals surface area (Å²) >= 11 is 0. The number of carboxylic acids is 1. The summed E-state index contributed by atoms with van der Waals surface area (Å²) in [5.74, 6) is -0.875. The number of hydrogen-bond donors (Lipinski definition) is 1. The van der Waals surface area contributed by atoms with Crippen LogP contribution < -0.4 is 4.74 Å². The van der Waals surface area contributed by atoms with Crippen molar-refractivity contribution in [2.24, 2.45) is 5.41 Å². The highest BCUT2D eigenvalue weighted by molar-refractivity contribution is 5.87. The van der Waals surface area contributed by atoms with Crippen molar-refractivity contribution in [2.75, 3.05) is 6.61 Å². The molecule has 0 aromatic heterocycles. The van der Waals surface area contributed by atoms with Gasteiger partial charge >= 0.3 is 5.97 Å². The van der Waals surface area contributed by atoms with Crippen LogP contribution in [0.25, 0.3) is 11.1 Å².